The Balaban J connectivity index is 2.00. The highest BCUT2D eigenvalue weighted by molar-refractivity contribution is 5.77. The van der Waals surface area contributed by atoms with Crippen LogP contribution in [0.2, 0.25) is 0 Å². The number of hydrogen-bond acceptors (Lipinski definition) is 1. The minimum Gasteiger partial charge on any atom is -0.342 e. The molecule has 0 fully saturated rings. The lowest BCUT2D eigenvalue weighted by Gasteiger charge is -1.99. The fourth-order valence-electron chi connectivity index (χ4n) is 2.23. The number of H-pyrrole nitrogens is 1. The average molecular weight is 254 g/mol. The molecule has 1 aromatic heterocycles. The topological polar surface area (TPSA) is 28.7 Å². The summed E-state index contributed by atoms with van der Waals surface area (Å²) >= 11 is 0. The second-order valence-corrected chi connectivity index (χ2v) is 4.91. The molecule has 19 heavy (non-hydrogen) atoms. The van der Waals surface area contributed by atoms with E-state index in [9.17, 15) is 4.39 Å². The zero-order chi connectivity index (χ0) is 13.4. The van der Waals surface area contributed by atoms with Crippen LogP contribution >= 0.6 is 0 Å². The number of nitrogens with zero attached hydrogens (tertiary/aromatic N) is 1. The van der Waals surface area contributed by atoms with E-state index in [1.807, 2.05) is 6.07 Å². The van der Waals surface area contributed by atoms with E-state index in [0.717, 1.165) is 16.9 Å². The molecule has 1 heterocycles. The van der Waals surface area contributed by atoms with Gasteiger partial charge in [0.05, 0.1) is 11.0 Å². The van der Waals surface area contributed by atoms with Gasteiger partial charge in [0.1, 0.15) is 11.6 Å². The van der Waals surface area contributed by atoms with E-state index >= 15 is 0 Å². The van der Waals surface area contributed by atoms with Crippen molar-refractivity contribution in [2.45, 2.75) is 20.3 Å². The van der Waals surface area contributed by atoms with Gasteiger partial charge in [-0.05, 0) is 48.7 Å². The number of imidazole rings is 1. The summed E-state index contributed by atoms with van der Waals surface area (Å²) in [6.45, 7) is 4.14. The van der Waals surface area contributed by atoms with Gasteiger partial charge in [-0.2, -0.15) is 0 Å². The number of halogens is 1. The van der Waals surface area contributed by atoms with E-state index in [4.69, 9.17) is 0 Å². The van der Waals surface area contributed by atoms with Crippen LogP contribution in [0.5, 0.6) is 0 Å². The molecule has 0 unspecified atom stereocenters. The smallest absolute Gasteiger partial charge is 0.126 e. The third-order valence-electron chi connectivity index (χ3n) is 3.46. The van der Waals surface area contributed by atoms with Gasteiger partial charge in [0, 0.05) is 6.42 Å². The third-order valence-corrected chi connectivity index (χ3v) is 3.46. The Bertz CT molecular complexity index is 705. The van der Waals surface area contributed by atoms with Crippen molar-refractivity contribution in [2.75, 3.05) is 0 Å². The van der Waals surface area contributed by atoms with Crippen LogP contribution < -0.4 is 0 Å². The van der Waals surface area contributed by atoms with E-state index < -0.39 is 0 Å². The van der Waals surface area contributed by atoms with E-state index in [2.05, 4.69) is 35.9 Å². The first-order valence-corrected chi connectivity index (χ1v) is 6.33. The molecule has 0 aliphatic carbocycles. The maximum absolute atomic E-state index is 13.6. The molecule has 2 nitrogen and oxygen atoms in total. The maximum Gasteiger partial charge on any atom is 0.126 e. The maximum atomic E-state index is 13.6. The zero-order valence-corrected chi connectivity index (χ0v) is 11.0. The van der Waals surface area contributed by atoms with Crippen LogP contribution in [0.1, 0.15) is 22.5 Å². The zero-order valence-electron chi connectivity index (χ0n) is 11.0. The molecule has 0 bridgehead atoms. The summed E-state index contributed by atoms with van der Waals surface area (Å²) in [5.74, 6) is 0.611. The number of benzene rings is 2. The molecule has 0 aliphatic heterocycles. The first kappa shape index (κ1) is 11.9. The molecular weight excluding hydrogens is 239 g/mol. The number of nitrogens with one attached hydrogen (secondary N) is 1. The molecule has 0 atom stereocenters. The monoisotopic (exact) mass is 254 g/mol. The summed E-state index contributed by atoms with van der Waals surface area (Å²) in [6.07, 6.45) is 0.486. The van der Waals surface area contributed by atoms with Crippen molar-refractivity contribution in [3.8, 4) is 0 Å². The number of fused-ring (bicyclic) bond motifs is 1. The summed E-state index contributed by atoms with van der Waals surface area (Å²) in [5, 5.41) is 0. The molecule has 3 aromatic rings. The van der Waals surface area contributed by atoms with Gasteiger partial charge >= 0.3 is 0 Å². The van der Waals surface area contributed by atoms with Gasteiger partial charge in [0.25, 0.3) is 0 Å². The molecule has 0 amide bonds. The number of aromatic nitrogens is 2. The van der Waals surface area contributed by atoms with Gasteiger partial charge in [-0.25, -0.2) is 9.37 Å². The van der Waals surface area contributed by atoms with E-state index in [1.165, 1.54) is 17.2 Å². The van der Waals surface area contributed by atoms with E-state index in [0.29, 0.717) is 12.0 Å². The highest BCUT2D eigenvalue weighted by Crippen LogP contribution is 2.19. The Labute approximate surface area is 111 Å². The second-order valence-electron chi connectivity index (χ2n) is 4.91. The van der Waals surface area contributed by atoms with Crippen molar-refractivity contribution in [3.63, 3.8) is 0 Å². The lowest BCUT2D eigenvalue weighted by molar-refractivity contribution is 0.612. The van der Waals surface area contributed by atoms with Gasteiger partial charge in [0.15, 0.2) is 0 Å². The van der Waals surface area contributed by atoms with E-state index in [-0.39, 0.29) is 5.82 Å². The fourth-order valence-corrected chi connectivity index (χ4v) is 2.23. The Morgan fingerprint density at radius 2 is 1.84 bits per heavy atom. The second kappa shape index (κ2) is 4.50. The van der Waals surface area contributed by atoms with Crippen LogP contribution in [0.4, 0.5) is 4.39 Å². The number of aromatic amines is 1. The van der Waals surface area contributed by atoms with Gasteiger partial charge in [-0.3, -0.25) is 0 Å². The SMILES string of the molecule is Cc1cc2nc(Cc3ccccc3F)[nH]c2cc1C. The quantitative estimate of drug-likeness (QED) is 0.738. The predicted octanol–water partition coefficient (Wildman–Crippen LogP) is 3.91. The molecule has 3 rings (SSSR count). The molecular formula is C16H15FN2. The molecule has 0 saturated heterocycles. The normalized spacial score (nSPS) is 11.1. The van der Waals surface area contributed by atoms with Crippen LogP contribution in [0, 0.1) is 19.7 Å². The minimum absolute atomic E-state index is 0.185. The lowest BCUT2D eigenvalue weighted by atomic mass is 10.1. The number of rotatable bonds is 2. The van der Waals surface area contributed by atoms with Crippen LogP contribution in [-0.4, -0.2) is 9.97 Å². The van der Waals surface area contributed by atoms with Crippen LogP contribution in [0.25, 0.3) is 11.0 Å². The Morgan fingerprint density at radius 3 is 2.63 bits per heavy atom. The lowest BCUT2D eigenvalue weighted by Crippen LogP contribution is -1.93. The van der Waals surface area contributed by atoms with Crippen molar-refractivity contribution in [1.29, 1.82) is 0 Å². The minimum atomic E-state index is -0.185. The molecule has 0 saturated carbocycles. The average Bonchev–Trinajstić information content (AvgIpc) is 2.74. The summed E-state index contributed by atoms with van der Waals surface area (Å²) < 4.78 is 13.6. The van der Waals surface area contributed by atoms with Crippen molar-refractivity contribution in [3.05, 3.63) is 64.7 Å². The van der Waals surface area contributed by atoms with Gasteiger partial charge in [-0.1, -0.05) is 18.2 Å². The first-order chi connectivity index (χ1) is 9.13. The molecule has 2 aromatic carbocycles. The van der Waals surface area contributed by atoms with Gasteiger partial charge < -0.3 is 4.98 Å². The summed E-state index contributed by atoms with van der Waals surface area (Å²) in [6, 6.07) is 11.0. The van der Waals surface area contributed by atoms with Crippen molar-refractivity contribution >= 4 is 11.0 Å². The predicted molar refractivity (Wildman–Crippen MR) is 74.8 cm³/mol. The Morgan fingerprint density at radius 1 is 1.11 bits per heavy atom. The van der Waals surface area contributed by atoms with Gasteiger partial charge in [-0.15, -0.1) is 0 Å². The number of hydrogen-bond donors (Lipinski definition) is 1. The highest BCUT2D eigenvalue weighted by Gasteiger charge is 2.08. The number of aryl methyl sites for hydroxylation is 2. The fraction of sp³-hybridized carbons (Fsp3) is 0.188. The Kier molecular flexibility index (Phi) is 2.82. The van der Waals surface area contributed by atoms with Crippen LogP contribution in [0.15, 0.2) is 36.4 Å². The van der Waals surface area contributed by atoms with Crippen molar-refractivity contribution < 1.29 is 4.39 Å². The summed E-state index contributed by atoms with van der Waals surface area (Å²) in [4.78, 5) is 7.79. The van der Waals surface area contributed by atoms with Crippen LogP contribution in [-0.2, 0) is 6.42 Å². The molecule has 0 spiro atoms. The van der Waals surface area contributed by atoms with E-state index in [1.54, 1.807) is 12.1 Å². The molecule has 0 aliphatic rings. The highest BCUT2D eigenvalue weighted by atomic mass is 19.1. The Hall–Kier alpha value is -2.16. The largest absolute Gasteiger partial charge is 0.342 e. The van der Waals surface area contributed by atoms with Crippen LogP contribution in [0.3, 0.4) is 0 Å². The molecule has 1 N–H and O–H groups in total. The third kappa shape index (κ3) is 2.24. The van der Waals surface area contributed by atoms with Gasteiger partial charge in [0.2, 0.25) is 0 Å². The standard InChI is InChI=1S/C16H15FN2/c1-10-7-14-15(8-11(10)2)19-16(18-14)9-12-5-3-4-6-13(12)17/h3-8H,9H2,1-2H3,(H,18,19). The first-order valence-electron chi connectivity index (χ1n) is 6.33. The molecule has 96 valence electrons. The molecule has 3 heteroatoms. The summed E-state index contributed by atoms with van der Waals surface area (Å²) in [7, 11) is 0. The molecule has 0 radical (unpaired) electrons. The van der Waals surface area contributed by atoms with Crippen molar-refractivity contribution in [1.82, 2.24) is 9.97 Å². The summed E-state index contributed by atoms with van der Waals surface area (Å²) in [5.41, 5.74) is 5.06. The van der Waals surface area contributed by atoms with Crippen molar-refractivity contribution in [2.24, 2.45) is 0 Å².